The summed E-state index contributed by atoms with van der Waals surface area (Å²) < 4.78 is 29.0. The standard InChI is InChI=1S/C11H10Br2F2N4/c1-16-9(10-11(13)17-18-19(10)2)5-3-4-6(14)8(15)7(5)12/h3-4,9,16H,1-2H3. The first-order chi connectivity index (χ1) is 8.97. The highest BCUT2D eigenvalue weighted by atomic mass is 79.9. The predicted octanol–water partition coefficient (Wildman–Crippen LogP) is 2.93. The molecule has 102 valence electrons. The van der Waals surface area contributed by atoms with Crippen LogP contribution in [0.4, 0.5) is 8.78 Å². The Bertz CT molecular complexity index is 595. The van der Waals surface area contributed by atoms with Gasteiger partial charge in [0.2, 0.25) is 0 Å². The van der Waals surface area contributed by atoms with Gasteiger partial charge in [-0.25, -0.2) is 13.5 Å². The quantitative estimate of drug-likeness (QED) is 0.812. The Hall–Kier alpha value is -0.860. The van der Waals surface area contributed by atoms with Gasteiger partial charge in [0.1, 0.15) is 0 Å². The SMILES string of the molecule is CNC(c1ccc(F)c(F)c1Br)c1c(Br)nnn1C. The Morgan fingerprint density at radius 2 is 2.00 bits per heavy atom. The van der Waals surface area contributed by atoms with Gasteiger partial charge in [0.15, 0.2) is 16.2 Å². The number of hydrogen-bond donors (Lipinski definition) is 1. The molecule has 0 amide bonds. The van der Waals surface area contributed by atoms with E-state index >= 15 is 0 Å². The molecule has 2 aromatic rings. The lowest BCUT2D eigenvalue weighted by atomic mass is 10.0. The molecular formula is C11H10Br2F2N4. The average Bonchev–Trinajstić information content (AvgIpc) is 2.71. The van der Waals surface area contributed by atoms with Crippen molar-refractivity contribution >= 4 is 31.9 Å². The molecule has 1 heterocycles. The maximum absolute atomic E-state index is 13.6. The van der Waals surface area contributed by atoms with Crippen LogP contribution in [-0.2, 0) is 7.05 Å². The molecule has 1 aromatic carbocycles. The first kappa shape index (κ1) is 14.5. The third-order valence-electron chi connectivity index (χ3n) is 2.76. The predicted molar refractivity (Wildman–Crippen MR) is 73.7 cm³/mol. The van der Waals surface area contributed by atoms with Gasteiger partial charge in [-0.1, -0.05) is 11.3 Å². The van der Waals surface area contributed by atoms with E-state index in [9.17, 15) is 8.78 Å². The van der Waals surface area contributed by atoms with Gasteiger partial charge in [0.05, 0.1) is 16.2 Å². The minimum absolute atomic E-state index is 0.0833. The molecule has 0 fully saturated rings. The Morgan fingerprint density at radius 1 is 1.32 bits per heavy atom. The van der Waals surface area contributed by atoms with E-state index < -0.39 is 11.6 Å². The van der Waals surface area contributed by atoms with Crippen molar-refractivity contribution in [1.82, 2.24) is 20.3 Å². The van der Waals surface area contributed by atoms with Crippen LogP contribution >= 0.6 is 31.9 Å². The lowest BCUT2D eigenvalue weighted by molar-refractivity contribution is 0.498. The molecule has 19 heavy (non-hydrogen) atoms. The zero-order valence-electron chi connectivity index (χ0n) is 10.1. The van der Waals surface area contributed by atoms with Crippen LogP contribution in [0, 0.1) is 11.6 Å². The Kier molecular flexibility index (Phi) is 4.32. The summed E-state index contributed by atoms with van der Waals surface area (Å²) in [7, 11) is 3.45. The Labute approximate surface area is 125 Å². The second-order valence-electron chi connectivity index (χ2n) is 3.88. The van der Waals surface area contributed by atoms with E-state index in [4.69, 9.17) is 0 Å². The number of halogens is 4. The van der Waals surface area contributed by atoms with Gasteiger partial charge >= 0.3 is 0 Å². The van der Waals surface area contributed by atoms with E-state index in [1.54, 1.807) is 18.8 Å². The summed E-state index contributed by atoms with van der Waals surface area (Å²) in [5.41, 5.74) is 1.28. The number of aryl methyl sites for hydroxylation is 1. The van der Waals surface area contributed by atoms with E-state index in [2.05, 4.69) is 47.5 Å². The van der Waals surface area contributed by atoms with Crippen molar-refractivity contribution in [2.75, 3.05) is 7.05 Å². The highest BCUT2D eigenvalue weighted by molar-refractivity contribution is 9.10. The zero-order valence-corrected chi connectivity index (χ0v) is 13.3. The van der Waals surface area contributed by atoms with Gasteiger partial charge in [0, 0.05) is 7.05 Å². The summed E-state index contributed by atoms with van der Waals surface area (Å²) in [4.78, 5) is 0. The lowest BCUT2D eigenvalue weighted by Crippen LogP contribution is -2.22. The zero-order chi connectivity index (χ0) is 14.2. The highest BCUT2D eigenvalue weighted by Crippen LogP contribution is 2.33. The lowest BCUT2D eigenvalue weighted by Gasteiger charge is -2.18. The van der Waals surface area contributed by atoms with Crippen LogP contribution in [0.25, 0.3) is 0 Å². The largest absolute Gasteiger partial charge is 0.308 e. The maximum atomic E-state index is 13.6. The fourth-order valence-corrected chi connectivity index (χ4v) is 2.96. The maximum Gasteiger partial charge on any atom is 0.173 e. The van der Waals surface area contributed by atoms with Crippen molar-refractivity contribution in [1.29, 1.82) is 0 Å². The molecule has 1 unspecified atom stereocenters. The van der Waals surface area contributed by atoms with Crippen LogP contribution in [0.2, 0.25) is 0 Å². The molecular weight excluding hydrogens is 386 g/mol. The number of aromatic nitrogens is 3. The van der Waals surface area contributed by atoms with Crippen molar-refractivity contribution in [3.63, 3.8) is 0 Å². The summed E-state index contributed by atoms with van der Waals surface area (Å²) in [6.07, 6.45) is 0. The minimum Gasteiger partial charge on any atom is -0.308 e. The molecule has 0 radical (unpaired) electrons. The molecule has 1 N–H and O–H groups in total. The second-order valence-corrected chi connectivity index (χ2v) is 5.42. The fraction of sp³-hybridized carbons (Fsp3) is 0.273. The van der Waals surface area contributed by atoms with Crippen molar-refractivity contribution in [3.05, 3.63) is 44.1 Å². The van der Waals surface area contributed by atoms with Crippen LogP contribution in [-0.4, -0.2) is 22.0 Å². The fourth-order valence-electron chi connectivity index (χ4n) is 1.85. The van der Waals surface area contributed by atoms with Crippen molar-refractivity contribution in [2.45, 2.75) is 6.04 Å². The molecule has 8 heteroatoms. The first-order valence-corrected chi connectivity index (χ1v) is 6.91. The normalized spacial score (nSPS) is 12.7. The molecule has 0 aliphatic carbocycles. The number of hydrogen-bond acceptors (Lipinski definition) is 3. The van der Waals surface area contributed by atoms with Crippen molar-refractivity contribution in [3.8, 4) is 0 Å². The van der Waals surface area contributed by atoms with Gasteiger partial charge in [-0.05, 0) is 50.5 Å². The highest BCUT2D eigenvalue weighted by Gasteiger charge is 2.24. The molecule has 0 saturated carbocycles. The summed E-state index contributed by atoms with van der Waals surface area (Å²) in [6, 6.07) is 2.24. The van der Waals surface area contributed by atoms with Gasteiger partial charge in [-0.3, -0.25) is 0 Å². The van der Waals surface area contributed by atoms with E-state index in [1.165, 1.54) is 6.07 Å². The molecule has 0 saturated heterocycles. The topological polar surface area (TPSA) is 42.7 Å². The molecule has 1 aromatic heterocycles. The summed E-state index contributed by atoms with van der Waals surface area (Å²) in [5.74, 6) is -1.81. The molecule has 0 bridgehead atoms. The monoisotopic (exact) mass is 394 g/mol. The Morgan fingerprint density at radius 3 is 2.53 bits per heavy atom. The molecule has 0 spiro atoms. The number of nitrogens with one attached hydrogen (secondary N) is 1. The average molecular weight is 396 g/mol. The molecule has 4 nitrogen and oxygen atoms in total. The van der Waals surface area contributed by atoms with Crippen molar-refractivity contribution in [2.24, 2.45) is 7.05 Å². The summed E-state index contributed by atoms with van der Waals surface area (Å²) in [5, 5.41) is 10.8. The first-order valence-electron chi connectivity index (χ1n) is 5.33. The van der Waals surface area contributed by atoms with Crippen LogP contribution in [0.3, 0.4) is 0 Å². The van der Waals surface area contributed by atoms with E-state index in [0.29, 0.717) is 15.9 Å². The van der Waals surface area contributed by atoms with Gasteiger partial charge < -0.3 is 5.32 Å². The Balaban J connectivity index is 2.58. The van der Waals surface area contributed by atoms with Gasteiger partial charge in [-0.15, -0.1) is 5.10 Å². The molecule has 0 aliphatic rings. The molecule has 2 rings (SSSR count). The third-order valence-corrected chi connectivity index (χ3v) is 4.14. The van der Waals surface area contributed by atoms with Gasteiger partial charge in [0.25, 0.3) is 0 Å². The van der Waals surface area contributed by atoms with E-state index in [-0.39, 0.29) is 10.5 Å². The number of nitrogens with zero attached hydrogens (tertiary/aromatic N) is 3. The number of benzene rings is 1. The van der Waals surface area contributed by atoms with Crippen molar-refractivity contribution < 1.29 is 8.78 Å². The van der Waals surface area contributed by atoms with Crippen LogP contribution < -0.4 is 5.32 Å². The molecule has 1 atom stereocenters. The third kappa shape index (κ3) is 2.56. The van der Waals surface area contributed by atoms with Crippen LogP contribution in [0.15, 0.2) is 21.2 Å². The molecule has 0 aliphatic heterocycles. The van der Waals surface area contributed by atoms with Crippen LogP contribution in [0.5, 0.6) is 0 Å². The smallest absolute Gasteiger partial charge is 0.173 e. The summed E-state index contributed by atoms with van der Waals surface area (Å²) in [6.45, 7) is 0. The minimum atomic E-state index is -0.913. The van der Waals surface area contributed by atoms with E-state index in [1.807, 2.05) is 0 Å². The number of rotatable bonds is 3. The van der Waals surface area contributed by atoms with Gasteiger partial charge in [-0.2, -0.15) is 0 Å². The van der Waals surface area contributed by atoms with E-state index in [0.717, 1.165) is 6.07 Å². The second kappa shape index (κ2) is 5.64. The van der Waals surface area contributed by atoms with Crippen LogP contribution in [0.1, 0.15) is 17.3 Å². The summed E-state index contributed by atoms with van der Waals surface area (Å²) >= 11 is 6.38.